The SMILES string of the molecule is COC[C@]1(O)CC[C@H]2C(=CC[C@@H]3[C@@H]2CC[C@]2(C)[C@@H](C(=O)CO)CC[C@@H]32)C1. The van der Waals surface area contributed by atoms with Gasteiger partial charge in [-0.15, -0.1) is 0 Å². The molecular formula is C22H34O4. The van der Waals surface area contributed by atoms with Crippen molar-refractivity contribution in [1.82, 2.24) is 0 Å². The molecule has 4 aliphatic rings. The molecule has 26 heavy (non-hydrogen) atoms. The number of hydrogen-bond acceptors (Lipinski definition) is 4. The molecule has 0 bridgehead atoms. The Bertz CT molecular complexity index is 599. The van der Waals surface area contributed by atoms with Crippen LogP contribution in [-0.2, 0) is 9.53 Å². The largest absolute Gasteiger partial charge is 0.389 e. The van der Waals surface area contributed by atoms with Gasteiger partial charge in [0.25, 0.3) is 0 Å². The summed E-state index contributed by atoms with van der Waals surface area (Å²) < 4.78 is 5.26. The van der Waals surface area contributed by atoms with Crippen molar-refractivity contribution < 1.29 is 19.7 Å². The van der Waals surface area contributed by atoms with Gasteiger partial charge >= 0.3 is 0 Å². The van der Waals surface area contributed by atoms with Gasteiger partial charge in [0.05, 0.1) is 12.2 Å². The lowest BCUT2D eigenvalue weighted by molar-refractivity contribution is -0.132. The maximum absolute atomic E-state index is 12.3. The average Bonchev–Trinajstić information content (AvgIpc) is 2.98. The lowest BCUT2D eigenvalue weighted by Gasteiger charge is -2.54. The predicted octanol–water partition coefficient (Wildman–Crippen LogP) is 3.11. The zero-order valence-electron chi connectivity index (χ0n) is 16.2. The van der Waals surface area contributed by atoms with E-state index in [1.165, 1.54) is 12.0 Å². The van der Waals surface area contributed by atoms with Crippen LogP contribution < -0.4 is 0 Å². The van der Waals surface area contributed by atoms with E-state index in [0.717, 1.165) is 44.9 Å². The van der Waals surface area contributed by atoms with Crippen molar-refractivity contribution in [2.24, 2.45) is 35.0 Å². The molecule has 0 radical (unpaired) electrons. The van der Waals surface area contributed by atoms with Crippen LogP contribution >= 0.6 is 0 Å². The van der Waals surface area contributed by atoms with Crippen LogP contribution in [0, 0.1) is 35.0 Å². The van der Waals surface area contributed by atoms with E-state index in [1.54, 1.807) is 7.11 Å². The molecule has 4 rings (SSSR count). The number of ether oxygens (including phenoxy) is 1. The normalized spacial score (nSPS) is 47.5. The van der Waals surface area contributed by atoms with Gasteiger partial charge in [-0.1, -0.05) is 18.6 Å². The van der Waals surface area contributed by atoms with Gasteiger partial charge in [-0.3, -0.25) is 4.79 Å². The molecule has 4 heteroatoms. The number of ketones is 1. The van der Waals surface area contributed by atoms with Crippen molar-refractivity contribution in [3.8, 4) is 0 Å². The van der Waals surface area contributed by atoms with Gasteiger partial charge in [0.1, 0.15) is 6.61 Å². The number of carbonyl (C=O) groups excluding carboxylic acids is 1. The van der Waals surface area contributed by atoms with Crippen molar-refractivity contribution in [3.05, 3.63) is 11.6 Å². The second-order valence-corrected chi connectivity index (χ2v) is 9.73. The molecule has 4 nitrogen and oxygen atoms in total. The first-order valence-electron chi connectivity index (χ1n) is 10.5. The third-order valence-corrected chi connectivity index (χ3v) is 8.55. The number of methoxy groups -OCH3 is 1. The van der Waals surface area contributed by atoms with Crippen molar-refractivity contribution in [3.63, 3.8) is 0 Å². The molecule has 7 atom stereocenters. The van der Waals surface area contributed by atoms with E-state index in [2.05, 4.69) is 13.0 Å². The third kappa shape index (κ3) is 2.80. The fourth-order valence-corrected chi connectivity index (χ4v) is 7.40. The van der Waals surface area contributed by atoms with Gasteiger partial charge in [-0.05, 0) is 80.5 Å². The van der Waals surface area contributed by atoms with Crippen LogP contribution in [0.1, 0.15) is 58.3 Å². The second kappa shape index (κ2) is 6.72. The molecule has 4 aliphatic carbocycles. The third-order valence-electron chi connectivity index (χ3n) is 8.55. The fraction of sp³-hybridized carbons (Fsp3) is 0.864. The lowest BCUT2D eigenvalue weighted by atomic mass is 9.51. The number of carbonyl (C=O) groups is 1. The molecule has 0 saturated heterocycles. The van der Waals surface area contributed by atoms with E-state index in [0.29, 0.717) is 30.3 Å². The molecule has 0 aromatic carbocycles. The van der Waals surface area contributed by atoms with Crippen molar-refractivity contribution in [2.45, 2.75) is 63.9 Å². The van der Waals surface area contributed by atoms with Crippen LogP contribution in [0.15, 0.2) is 11.6 Å². The zero-order chi connectivity index (χ0) is 18.5. The summed E-state index contributed by atoms with van der Waals surface area (Å²) in [4.78, 5) is 12.3. The first kappa shape index (κ1) is 18.6. The molecule has 0 spiro atoms. The van der Waals surface area contributed by atoms with Gasteiger partial charge in [-0.2, -0.15) is 0 Å². The number of allylic oxidation sites excluding steroid dienone is 1. The van der Waals surface area contributed by atoms with E-state index < -0.39 is 5.60 Å². The van der Waals surface area contributed by atoms with E-state index in [1.807, 2.05) is 0 Å². The summed E-state index contributed by atoms with van der Waals surface area (Å²) in [5.74, 6) is 2.72. The molecule has 3 saturated carbocycles. The molecule has 0 heterocycles. The van der Waals surface area contributed by atoms with E-state index in [9.17, 15) is 15.0 Å². The van der Waals surface area contributed by atoms with Crippen LogP contribution in [-0.4, -0.2) is 41.9 Å². The Balaban J connectivity index is 1.55. The Morgan fingerprint density at radius 2 is 2.04 bits per heavy atom. The maximum Gasteiger partial charge on any atom is 0.161 e. The fourth-order valence-electron chi connectivity index (χ4n) is 7.40. The number of aliphatic hydroxyl groups is 2. The number of aliphatic hydroxyl groups excluding tert-OH is 1. The highest BCUT2D eigenvalue weighted by atomic mass is 16.5. The summed E-state index contributed by atoms with van der Waals surface area (Å²) in [6, 6.07) is 0. The monoisotopic (exact) mass is 362 g/mol. The van der Waals surface area contributed by atoms with E-state index in [4.69, 9.17) is 4.74 Å². The molecule has 0 amide bonds. The Morgan fingerprint density at radius 3 is 2.77 bits per heavy atom. The summed E-state index contributed by atoms with van der Waals surface area (Å²) >= 11 is 0. The number of Topliss-reactive ketones (excluding diaryl/α,β-unsaturated/α-hetero) is 1. The summed E-state index contributed by atoms with van der Waals surface area (Å²) in [5, 5.41) is 20.2. The lowest BCUT2D eigenvalue weighted by Crippen LogP contribution is -2.49. The van der Waals surface area contributed by atoms with Crippen molar-refractivity contribution in [2.75, 3.05) is 20.3 Å². The molecule has 146 valence electrons. The van der Waals surface area contributed by atoms with Gasteiger partial charge in [0.15, 0.2) is 5.78 Å². The summed E-state index contributed by atoms with van der Waals surface area (Å²) in [6.07, 6.45) is 10.6. The molecule has 0 aliphatic heterocycles. The van der Waals surface area contributed by atoms with Crippen LogP contribution in [0.3, 0.4) is 0 Å². The summed E-state index contributed by atoms with van der Waals surface area (Å²) in [6.45, 7) is 2.44. The van der Waals surface area contributed by atoms with E-state index >= 15 is 0 Å². The second-order valence-electron chi connectivity index (χ2n) is 9.73. The topological polar surface area (TPSA) is 66.8 Å². The predicted molar refractivity (Wildman–Crippen MR) is 99.5 cm³/mol. The van der Waals surface area contributed by atoms with Crippen molar-refractivity contribution >= 4 is 5.78 Å². The standard InChI is InChI=1S/C22H34O4/c1-21-9-7-16-15-8-10-22(25,13-26-2)11-14(15)3-4-17(16)18(21)5-6-19(21)20(24)12-23/h3,15-19,23,25H,4-13H2,1-2H3/t15-,16+,17+,18-,19+,21-,22-/m0/s1. The van der Waals surface area contributed by atoms with Gasteiger partial charge in [0, 0.05) is 13.0 Å². The highest BCUT2D eigenvalue weighted by Crippen LogP contribution is 2.63. The Morgan fingerprint density at radius 1 is 1.23 bits per heavy atom. The molecule has 3 fully saturated rings. The average molecular weight is 363 g/mol. The Kier molecular flexibility index (Phi) is 4.82. The summed E-state index contributed by atoms with van der Waals surface area (Å²) in [7, 11) is 1.67. The van der Waals surface area contributed by atoms with Crippen LogP contribution in [0.5, 0.6) is 0 Å². The number of rotatable bonds is 4. The zero-order valence-corrected chi connectivity index (χ0v) is 16.2. The molecule has 0 unspecified atom stereocenters. The smallest absolute Gasteiger partial charge is 0.161 e. The van der Waals surface area contributed by atoms with E-state index in [-0.39, 0.29) is 23.7 Å². The first-order chi connectivity index (χ1) is 12.4. The maximum atomic E-state index is 12.3. The van der Waals surface area contributed by atoms with Gasteiger partial charge < -0.3 is 14.9 Å². The molecular weight excluding hydrogens is 328 g/mol. The highest BCUT2D eigenvalue weighted by molar-refractivity contribution is 5.83. The Hall–Kier alpha value is -0.710. The minimum atomic E-state index is -0.681. The van der Waals surface area contributed by atoms with Gasteiger partial charge in [0.2, 0.25) is 0 Å². The quantitative estimate of drug-likeness (QED) is 0.754. The summed E-state index contributed by atoms with van der Waals surface area (Å²) in [5.41, 5.74) is 0.860. The minimum absolute atomic E-state index is 0.0574. The first-order valence-corrected chi connectivity index (χ1v) is 10.5. The minimum Gasteiger partial charge on any atom is -0.389 e. The van der Waals surface area contributed by atoms with Crippen LogP contribution in [0.25, 0.3) is 0 Å². The van der Waals surface area contributed by atoms with Crippen LogP contribution in [0.4, 0.5) is 0 Å². The van der Waals surface area contributed by atoms with Gasteiger partial charge in [-0.25, -0.2) is 0 Å². The van der Waals surface area contributed by atoms with Crippen LogP contribution in [0.2, 0.25) is 0 Å². The molecule has 0 aromatic heterocycles. The molecule has 0 aromatic rings. The van der Waals surface area contributed by atoms with Crippen molar-refractivity contribution in [1.29, 1.82) is 0 Å². The Labute approximate surface area is 157 Å². The highest BCUT2D eigenvalue weighted by Gasteiger charge is 2.57. The molecule has 2 N–H and O–H groups in total. The number of fused-ring (bicyclic) bond motifs is 5. The number of hydrogen-bond donors (Lipinski definition) is 2.